The van der Waals surface area contributed by atoms with Crippen LogP contribution >= 0.6 is 0 Å². The zero-order chi connectivity index (χ0) is 11.4. The summed E-state index contributed by atoms with van der Waals surface area (Å²) < 4.78 is 0. The first-order valence-corrected chi connectivity index (χ1v) is 5.07. The number of hydrogen-bond donors (Lipinski definition) is 3. The topological polar surface area (TPSA) is 115 Å². The Labute approximate surface area is 88.8 Å². The normalized spacial score (nSPS) is 24.7. The number of hydrogen-bond acceptors (Lipinski definition) is 4. The Morgan fingerprint density at radius 2 is 2.07 bits per heavy atom. The third-order valence-electron chi connectivity index (χ3n) is 2.73. The molecule has 0 aromatic carbocycles. The van der Waals surface area contributed by atoms with E-state index >= 15 is 0 Å². The minimum Gasteiger partial charge on any atom is -0.369 e. The number of likely N-dealkylation sites (tertiary alicyclic amines) is 1. The Kier molecular flexibility index (Phi) is 4.05. The number of rotatable bonds is 4. The van der Waals surface area contributed by atoms with E-state index < -0.39 is 11.9 Å². The number of nitrogens with zero attached hydrogens (tertiary/aromatic N) is 1. The summed E-state index contributed by atoms with van der Waals surface area (Å²) in [7, 11) is 0. The van der Waals surface area contributed by atoms with E-state index in [1.54, 1.807) is 0 Å². The molecule has 2 amide bonds. The molecule has 6 N–H and O–H groups in total. The van der Waals surface area contributed by atoms with Gasteiger partial charge in [0.1, 0.15) is 0 Å². The maximum absolute atomic E-state index is 11.0. The van der Waals surface area contributed by atoms with Gasteiger partial charge >= 0.3 is 0 Å². The summed E-state index contributed by atoms with van der Waals surface area (Å²) in [6.07, 6.45) is 1.72. The molecular formula is C9H18N4O2. The van der Waals surface area contributed by atoms with E-state index in [2.05, 4.69) is 0 Å². The second kappa shape index (κ2) is 5.09. The smallest absolute Gasteiger partial charge is 0.235 e. The highest BCUT2D eigenvalue weighted by Gasteiger charge is 2.25. The highest BCUT2D eigenvalue weighted by Crippen LogP contribution is 2.15. The van der Waals surface area contributed by atoms with Crippen LogP contribution in [0.2, 0.25) is 0 Å². The third-order valence-corrected chi connectivity index (χ3v) is 2.73. The number of carbonyl (C=O) groups excluding carboxylic acids is 2. The first kappa shape index (κ1) is 11.9. The van der Waals surface area contributed by atoms with Crippen LogP contribution in [0.15, 0.2) is 0 Å². The Balaban J connectivity index is 2.43. The van der Waals surface area contributed by atoms with Crippen LogP contribution in [0.1, 0.15) is 12.8 Å². The molecule has 0 aromatic rings. The van der Waals surface area contributed by atoms with Gasteiger partial charge in [-0.1, -0.05) is 0 Å². The molecule has 6 heteroatoms. The predicted molar refractivity (Wildman–Crippen MR) is 55.5 cm³/mol. The van der Waals surface area contributed by atoms with Crippen molar-refractivity contribution >= 4 is 11.8 Å². The molecular weight excluding hydrogens is 196 g/mol. The van der Waals surface area contributed by atoms with Crippen LogP contribution in [-0.2, 0) is 9.59 Å². The summed E-state index contributed by atoms with van der Waals surface area (Å²) in [5.41, 5.74) is 15.8. The van der Waals surface area contributed by atoms with E-state index in [1.807, 2.05) is 4.90 Å². The molecule has 0 spiro atoms. The molecule has 0 bridgehead atoms. The largest absolute Gasteiger partial charge is 0.369 e. The van der Waals surface area contributed by atoms with Gasteiger partial charge in [0.2, 0.25) is 11.8 Å². The highest BCUT2D eigenvalue weighted by molar-refractivity contribution is 5.80. The minimum absolute atomic E-state index is 0.126. The molecule has 6 nitrogen and oxygen atoms in total. The fourth-order valence-corrected chi connectivity index (χ4v) is 1.82. The summed E-state index contributed by atoms with van der Waals surface area (Å²) in [6, 6.07) is -0.670. The summed E-state index contributed by atoms with van der Waals surface area (Å²) in [4.78, 5) is 23.7. The second-order valence-corrected chi connectivity index (χ2v) is 4.01. The van der Waals surface area contributed by atoms with E-state index in [-0.39, 0.29) is 11.8 Å². The van der Waals surface area contributed by atoms with Gasteiger partial charge in [0, 0.05) is 13.1 Å². The number of carbonyl (C=O) groups is 2. The molecule has 0 saturated carbocycles. The van der Waals surface area contributed by atoms with Crippen LogP contribution in [0, 0.1) is 5.92 Å². The molecule has 1 saturated heterocycles. The van der Waals surface area contributed by atoms with Crippen molar-refractivity contribution in [1.82, 2.24) is 4.90 Å². The fraction of sp³-hybridized carbons (Fsp3) is 0.778. The third kappa shape index (κ3) is 3.49. The molecule has 1 rings (SSSR count). The average Bonchev–Trinajstić information content (AvgIpc) is 2.18. The quantitative estimate of drug-likeness (QED) is 0.501. The monoisotopic (exact) mass is 214 g/mol. The Hall–Kier alpha value is -1.14. The van der Waals surface area contributed by atoms with Crippen molar-refractivity contribution in [1.29, 1.82) is 0 Å². The van der Waals surface area contributed by atoms with Crippen LogP contribution in [-0.4, -0.2) is 42.4 Å². The van der Waals surface area contributed by atoms with Crippen molar-refractivity contribution in [2.75, 3.05) is 19.6 Å². The first-order chi connectivity index (χ1) is 7.00. The number of primary amides is 2. The Morgan fingerprint density at radius 1 is 1.40 bits per heavy atom. The lowest BCUT2D eigenvalue weighted by Gasteiger charge is -2.32. The number of nitrogens with two attached hydrogens (primary N) is 3. The molecule has 0 radical (unpaired) electrons. The zero-order valence-corrected chi connectivity index (χ0v) is 8.69. The molecule has 1 heterocycles. The van der Waals surface area contributed by atoms with Gasteiger partial charge in [-0.3, -0.25) is 9.59 Å². The molecule has 1 aliphatic heterocycles. The molecule has 1 fully saturated rings. The van der Waals surface area contributed by atoms with Crippen LogP contribution in [0.4, 0.5) is 0 Å². The van der Waals surface area contributed by atoms with Gasteiger partial charge in [0.15, 0.2) is 0 Å². The zero-order valence-electron chi connectivity index (χ0n) is 8.69. The summed E-state index contributed by atoms with van der Waals surface area (Å²) >= 11 is 0. The number of amides is 2. The first-order valence-electron chi connectivity index (χ1n) is 5.07. The Bertz CT molecular complexity index is 254. The summed E-state index contributed by atoms with van der Waals surface area (Å²) in [5, 5.41) is 0. The maximum Gasteiger partial charge on any atom is 0.235 e. The van der Waals surface area contributed by atoms with Gasteiger partial charge in [-0.05, 0) is 19.4 Å². The minimum atomic E-state index is -0.670. The number of piperidine rings is 1. The van der Waals surface area contributed by atoms with E-state index in [0.29, 0.717) is 13.1 Å². The van der Waals surface area contributed by atoms with E-state index in [4.69, 9.17) is 17.2 Å². The van der Waals surface area contributed by atoms with E-state index in [9.17, 15) is 9.59 Å². The average molecular weight is 214 g/mol. The van der Waals surface area contributed by atoms with E-state index in [0.717, 1.165) is 19.4 Å². The molecule has 2 atom stereocenters. The molecule has 2 unspecified atom stereocenters. The fourth-order valence-electron chi connectivity index (χ4n) is 1.82. The van der Waals surface area contributed by atoms with Crippen LogP contribution in [0.25, 0.3) is 0 Å². The van der Waals surface area contributed by atoms with Gasteiger partial charge in [-0.2, -0.15) is 0 Å². The van der Waals surface area contributed by atoms with Gasteiger partial charge in [0.25, 0.3) is 0 Å². The van der Waals surface area contributed by atoms with E-state index in [1.165, 1.54) is 0 Å². The summed E-state index contributed by atoms with van der Waals surface area (Å²) in [5.74, 6) is -0.928. The van der Waals surface area contributed by atoms with Crippen molar-refractivity contribution in [2.45, 2.75) is 18.9 Å². The van der Waals surface area contributed by atoms with Crippen molar-refractivity contribution in [2.24, 2.45) is 23.1 Å². The standard InChI is InChI=1S/C9H18N4O2/c10-7(9(12)15)5-13-3-1-2-6(4-13)8(11)14/h6-7H,1-5,10H2,(H2,11,14)(H2,12,15). The lowest BCUT2D eigenvalue weighted by Crippen LogP contribution is -2.50. The maximum atomic E-state index is 11.0. The van der Waals surface area contributed by atoms with Crippen molar-refractivity contribution in [3.05, 3.63) is 0 Å². The van der Waals surface area contributed by atoms with Crippen molar-refractivity contribution in [3.8, 4) is 0 Å². The van der Waals surface area contributed by atoms with Gasteiger partial charge in [-0.15, -0.1) is 0 Å². The molecule has 15 heavy (non-hydrogen) atoms. The van der Waals surface area contributed by atoms with Crippen molar-refractivity contribution in [3.63, 3.8) is 0 Å². The Morgan fingerprint density at radius 3 is 2.60 bits per heavy atom. The van der Waals surface area contributed by atoms with Crippen molar-refractivity contribution < 1.29 is 9.59 Å². The molecule has 0 aliphatic carbocycles. The molecule has 0 aromatic heterocycles. The van der Waals surface area contributed by atoms with Gasteiger partial charge < -0.3 is 22.1 Å². The van der Waals surface area contributed by atoms with Crippen LogP contribution in [0.3, 0.4) is 0 Å². The molecule has 1 aliphatic rings. The lowest BCUT2D eigenvalue weighted by atomic mass is 9.97. The van der Waals surface area contributed by atoms with Crippen LogP contribution in [0.5, 0.6) is 0 Å². The van der Waals surface area contributed by atoms with Gasteiger partial charge in [-0.25, -0.2) is 0 Å². The van der Waals surface area contributed by atoms with Crippen LogP contribution < -0.4 is 17.2 Å². The summed E-state index contributed by atoms with van der Waals surface area (Å²) in [6.45, 7) is 1.82. The van der Waals surface area contributed by atoms with Gasteiger partial charge in [0.05, 0.1) is 12.0 Å². The highest BCUT2D eigenvalue weighted by atomic mass is 16.1. The second-order valence-electron chi connectivity index (χ2n) is 4.01. The SMILES string of the molecule is NC(=O)C(N)CN1CCCC(C(N)=O)C1. The predicted octanol–water partition coefficient (Wildman–Crippen LogP) is -2.00. The lowest BCUT2D eigenvalue weighted by molar-refractivity contribution is -0.123. The molecule has 86 valence electrons.